The molecule has 0 spiro atoms. The first-order valence-electron chi connectivity index (χ1n) is 17.4. The Bertz CT molecular complexity index is 1230. The lowest BCUT2D eigenvalue weighted by Crippen LogP contribution is -3.08. The molecule has 0 radical (unpaired) electrons. The van der Waals surface area contributed by atoms with Crippen molar-refractivity contribution >= 4 is 39.6 Å². The fraction of sp³-hybridized carbons (Fsp3) is 0.844. The average molecular weight is 668 g/mol. The number of hydrogen-bond acceptors (Lipinski definition) is 7. The van der Waals surface area contributed by atoms with Crippen LogP contribution in [0, 0.1) is 5.92 Å². The first-order chi connectivity index (χ1) is 21.9. The van der Waals surface area contributed by atoms with Gasteiger partial charge < -0.3 is 26.2 Å². The van der Waals surface area contributed by atoms with Crippen LogP contribution in [0.2, 0.25) is 0 Å². The number of quaternary nitrogens is 1. The Kier molecular flexibility index (Phi) is 12.5. The predicted molar refractivity (Wildman–Crippen MR) is 172 cm³/mol. The van der Waals surface area contributed by atoms with E-state index in [4.69, 9.17) is 0 Å². The van der Waals surface area contributed by atoms with Crippen LogP contribution in [0.25, 0.3) is 0 Å². The second-order valence-corrected chi connectivity index (χ2v) is 16.5. The molecule has 3 atom stereocenters. The fourth-order valence-electron chi connectivity index (χ4n) is 7.26. The van der Waals surface area contributed by atoms with Crippen molar-refractivity contribution in [2.24, 2.45) is 5.92 Å². The van der Waals surface area contributed by atoms with Gasteiger partial charge in [0.2, 0.25) is 17.6 Å². The molecule has 5 amide bonds. The van der Waals surface area contributed by atoms with E-state index in [-0.39, 0.29) is 23.6 Å². The summed E-state index contributed by atoms with van der Waals surface area (Å²) in [4.78, 5) is 68.4. The number of hydrogen-bond donors (Lipinski definition) is 5. The summed E-state index contributed by atoms with van der Waals surface area (Å²) in [7, 11) is -0.390. The van der Waals surface area contributed by atoms with Crippen molar-refractivity contribution in [3.05, 3.63) is 0 Å². The van der Waals surface area contributed by atoms with E-state index in [2.05, 4.69) is 21.3 Å². The Morgan fingerprint density at radius 2 is 1.52 bits per heavy atom. The van der Waals surface area contributed by atoms with Crippen molar-refractivity contribution in [2.75, 3.05) is 26.4 Å². The third-order valence-corrected chi connectivity index (χ3v) is 12.3. The zero-order valence-electron chi connectivity index (χ0n) is 27.8. The van der Waals surface area contributed by atoms with Gasteiger partial charge in [-0.3, -0.25) is 19.2 Å². The second kappa shape index (κ2) is 15.9. The summed E-state index contributed by atoms with van der Waals surface area (Å²) in [6.07, 6.45) is 11.7. The summed E-state index contributed by atoms with van der Waals surface area (Å²) in [6, 6.07) is -3.21. The predicted octanol–water partition coefficient (Wildman–Crippen LogP) is 0.535. The van der Waals surface area contributed by atoms with Crippen molar-refractivity contribution in [2.45, 2.75) is 139 Å². The van der Waals surface area contributed by atoms with E-state index < -0.39 is 57.3 Å². The number of likely N-dealkylation sites (tertiary alicyclic amines) is 1. The number of sulfonamides is 1. The number of amides is 5. The van der Waals surface area contributed by atoms with E-state index in [1.165, 1.54) is 4.90 Å². The normalized spacial score (nSPS) is 23.3. The summed E-state index contributed by atoms with van der Waals surface area (Å²) in [5, 5.41) is 11.4. The summed E-state index contributed by atoms with van der Waals surface area (Å²) < 4.78 is 26.2. The molecule has 0 aromatic rings. The van der Waals surface area contributed by atoms with Crippen LogP contribution >= 0.6 is 0 Å². The SMILES string of the molecule is CCCC(NC(=O)[C@@H]1CCCN1C(=O)[C@@H](NC(=O)NC1(CS(=O)(=O)[NH+](C)C)CCCCC1)C1CCCCC1)C(=O)C(=O)NC1CC1. The molecule has 3 saturated carbocycles. The van der Waals surface area contributed by atoms with Gasteiger partial charge in [-0.25, -0.2) is 9.10 Å². The maximum atomic E-state index is 14.2. The van der Waals surface area contributed by atoms with Crippen LogP contribution in [0.15, 0.2) is 0 Å². The maximum Gasteiger partial charge on any atom is 0.315 e. The summed E-state index contributed by atoms with van der Waals surface area (Å²) in [6.45, 7) is 2.21. The van der Waals surface area contributed by atoms with E-state index in [0.29, 0.717) is 49.4 Å². The van der Waals surface area contributed by atoms with Crippen LogP contribution in [0.1, 0.15) is 110 Å². The largest absolute Gasteiger partial charge is 0.347 e. The standard InChI is InChI=1S/C32H54N6O7S/c1-4-12-24(27(39)29(41)33-23-16-17-23)34-28(40)25-15-11-20-38(25)30(42)26(22-13-7-5-8-14-22)35-31(43)36-32(18-9-6-10-19-32)21-46(44,45)37(2)3/h22-26H,4-21H2,1-3H3,(H,33,41)(H,34,40)(H2,35,36,43)/p+1/t24?,25-,26-/m0/s1. The van der Waals surface area contributed by atoms with Crippen molar-refractivity contribution in [3.8, 4) is 0 Å². The van der Waals surface area contributed by atoms with Crippen LogP contribution in [0.3, 0.4) is 0 Å². The highest BCUT2D eigenvalue weighted by Crippen LogP contribution is 2.31. The van der Waals surface area contributed by atoms with Gasteiger partial charge in [0.25, 0.3) is 15.9 Å². The molecule has 1 unspecified atom stereocenters. The van der Waals surface area contributed by atoms with Crippen LogP contribution in [0.5, 0.6) is 0 Å². The van der Waals surface area contributed by atoms with E-state index in [1.54, 1.807) is 14.1 Å². The smallest absolute Gasteiger partial charge is 0.315 e. The molecule has 1 saturated heterocycles. The molecule has 4 aliphatic rings. The molecule has 4 rings (SSSR count). The molecule has 46 heavy (non-hydrogen) atoms. The van der Waals surface area contributed by atoms with E-state index in [9.17, 15) is 32.4 Å². The van der Waals surface area contributed by atoms with Gasteiger partial charge in [0.05, 0.1) is 25.7 Å². The van der Waals surface area contributed by atoms with Crippen LogP contribution in [-0.2, 0) is 29.2 Å². The number of rotatable bonds is 14. The molecule has 14 heteroatoms. The van der Waals surface area contributed by atoms with Gasteiger partial charge in [0.1, 0.15) is 17.8 Å². The maximum absolute atomic E-state index is 14.2. The lowest BCUT2D eigenvalue weighted by atomic mass is 9.82. The van der Waals surface area contributed by atoms with E-state index in [1.807, 2.05) is 6.92 Å². The second-order valence-electron chi connectivity index (χ2n) is 14.1. The van der Waals surface area contributed by atoms with E-state index >= 15 is 0 Å². The van der Waals surface area contributed by atoms with Gasteiger partial charge in [0, 0.05) is 12.6 Å². The lowest BCUT2D eigenvalue weighted by Gasteiger charge is -2.39. The molecule has 0 aromatic heterocycles. The lowest BCUT2D eigenvalue weighted by molar-refractivity contribution is -0.717. The zero-order valence-corrected chi connectivity index (χ0v) is 28.6. The number of Topliss-reactive ketones (excluding diaryl/α,β-unsaturated/α-hetero) is 1. The highest BCUT2D eigenvalue weighted by atomic mass is 32.2. The van der Waals surface area contributed by atoms with Gasteiger partial charge in [-0.2, -0.15) is 8.42 Å². The molecular weight excluding hydrogens is 612 g/mol. The Morgan fingerprint density at radius 3 is 2.13 bits per heavy atom. The van der Waals surface area contributed by atoms with Gasteiger partial charge in [-0.15, -0.1) is 0 Å². The average Bonchev–Trinajstić information content (AvgIpc) is 3.69. The first kappa shape index (κ1) is 36.1. The molecule has 1 heterocycles. The quantitative estimate of drug-likeness (QED) is 0.168. The molecule has 3 aliphatic carbocycles. The summed E-state index contributed by atoms with van der Waals surface area (Å²) >= 11 is 0. The Labute approximate surface area is 273 Å². The molecular formula is C32H55N6O7S+. The summed E-state index contributed by atoms with van der Waals surface area (Å²) in [5.74, 6) is -2.47. The minimum atomic E-state index is -3.52. The van der Waals surface area contributed by atoms with Crippen molar-refractivity contribution in [1.29, 1.82) is 0 Å². The summed E-state index contributed by atoms with van der Waals surface area (Å²) in [5.41, 5.74) is -0.915. The Balaban J connectivity index is 1.48. The van der Waals surface area contributed by atoms with Crippen LogP contribution < -0.4 is 25.6 Å². The Morgan fingerprint density at radius 1 is 0.870 bits per heavy atom. The van der Waals surface area contributed by atoms with Gasteiger partial charge in [-0.1, -0.05) is 51.9 Å². The van der Waals surface area contributed by atoms with Crippen molar-refractivity contribution < 1.29 is 36.7 Å². The molecule has 0 bridgehead atoms. The number of nitrogens with zero attached hydrogens (tertiary/aromatic N) is 1. The highest BCUT2D eigenvalue weighted by molar-refractivity contribution is 7.85. The van der Waals surface area contributed by atoms with E-state index in [0.717, 1.165) is 64.2 Å². The van der Waals surface area contributed by atoms with Crippen LogP contribution in [-0.4, -0.2) is 99.0 Å². The van der Waals surface area contributed by atoms with Crippen molar-refractivity contribution in [1.82, 2.24) is 26.2 Å². The monoisotopic (exact) mass is 667 g/mol. The van der Waals surface area contributed by atoms with Gasteiger partial charge in [-0.05, 0) is 63.7 Å². The highest BCUT2D eigenvalue weighted by Gasteiger charge is 2.44. The minimum Gasteiger partial charge on any atom is -0.347 e. The van der Waals surface area contributed by atoms with Gasteiger partial charge in [0.15, 0.2) is 0 Å². The Hall–Kier alpha value is -2.74. The molecule has 0 aromatic carbocycles. The number of nitrogens with one attached hydrogen (secondary N) is 5. The zero-order chi connectivity index (χ0) is 33.5. The number of ketones is 1. The number of carbonyl (C=O) groups excluding carboxylic acids is 5. The molecule has 1 aliphatic heterocycles. The topological polar surface area (TPSA) is 175 Å². The molecule has 5 N–H and O–H groups in total. The van der Waals surface area contributed by atoms with Crippen molar-refractivity contribution in [3.63, 3.8) is 0 Å². The third kappa shape index (κ3) is 9.42. The first-order valence-corrected chi connectivity index (χ1v) is 19.1. The minimum absolute atomic E-state index is 0.0188. The molecule has 13 nitrogen and oxygen atoms in total. The molecule has 260 valence electrons. The number of urea groups is 1. The third-order valence-electron chi connectivity index (χ3n) is 10.1. The molecule has 4 fully saturated rings. The van der Waals surface area contributed by atoms with Crippen LogP contribution in [0.4, 0.5) is 4.79 Å². The van der Waals surface area contributed by atoms with Gasteiger partial charge >= 0.3 is 6.03 Å². The fourth-order valence-corrected chi connectivity index (χ4v) is 8.64. The number of carbonyl (C=O) groups is 5.